The van der Waals surface area contributed by atoms with Gasteiger partial charge in [0, 0.05) is 22.9 Å². The maximum absolute atomic E-state index is 5.13. The van der Waals surface area contributed by atoms with Crippen molar-refractivity contribution < 1.29 is 0 Å². The molecule has 2 aromatic heterocycles. The molecule has 0 saturated heterocycles. The van der Waals surface area contributed by atoms with Crippen molar-refractivity contribution in [2.24, 2.45) is 5.10 Å². The summed E-state index contributed by atoms with van der Waals surface area (Å²) in [5.41, 5.74) is 6.59. The Morgan fingerprint density at radius 3 is 2.15 bits per heavy atom. The van der Waals surface area contributed by atoms with Gasteiger partial charge in [-0.2, -0.15) is 5.10 Å². The van der Waals surface area contributed by atoms with Gasteiger partial charge in [0.05, 0.1) is 28.0 Å². The minimum absolute atomic E-state index is 0.104. The van der Waals surface area contributed by atoms with Crippen LogP contribution in [0.1, 0.15) is 28.6 Å². The number of benzene rings is 3. The van der Waals surface area contributed by atoms with Crippen molar-refractivity contribution in [1.82, 2.24) is 9.97 Å². The first-order valence-corrected chi connectivity index (χ1v) is 12.9. The predicted octanol–water partition coefficient (Wildman–Crippen LogP) is 7.60. The molecule has 0 amide bonds. The molecule has 1 unspecified atom stereocenters. The van der Waals surface area contributed by atoms with Crippen molar-refractivity contribution in [1.29, 1.82) is 0 Å². The van der Waals surface area contributed by atoms with Gasteiger partial charge in [-0.15, -0.1) is 22.7 Å². The van der Waals surface area contributed by atoms with Crippen LogP contribution in [0.3, 0.4) is 0 Å². The van der Waals surface area contributed by atoms with Gasteiger partial charge in [0.1, 0.15) is 5.01 Å². The zero-order valence-electron chi connectivity index (χ0n) is 18.6. The molecule has 0 bridgehead atoms. The molecule has 6 rings (SSSR count). The van der Waals surface area contributed by atoms with E-state index in [0.29, 0.717) is 0 Å². The average molecular weight is 479 g/mol. The number of aromatic nitrogens is 2. The Labute approximate surface area is 206 Å². The Kier molecular flexibility index (Phi) is 5.53. The number of hydrazone groups is 1. The summed E-state index contributed by atoms with van der Waals surface area (Å²) in [6.45, 7) is 2.08. The van der Waals surface area contributed by atoms with Crippen LogP contribution in [-0.2, 0) is 0 Å². The van der Waals surface area contributed by atoms with Crippen molar-refractivity contribution in [2.75, 3.05) is 5.01 Å². The van der Waals surface area contributed by atoms with Crippen LogP contribution in [0, 0.1) is 6.92 Å². The molecule has 0 spiro atoms. The highest BCUT2D eigenvalue weighted by Crippen LogP contribution is 2.41. The largest absolute Gasteiger partial charge is 0.241 e. The average Bonchev–Trinajstić information content (AvgIpc) is 3.64. The summed E-state index contributed by atoms with van der Waals surface area (Å²) in [4.78, 5) is 11.0. The molecule has 6 heteroatoms. The fraction of sp³-hybridized carbons (Fsp3) is 0.107. The van der Waals surface area contributed by atoms with Crippen LogP contribution in [0.4, 0.5) is 5.13 Å². The van der Waals surface area contributed by atoms with Gasteiger partial charge >= 0.3 is 0 Å². The second-order valence-corrected chi connectivity index (χ2v) is 10.0. The highest BCUT2D eigenvalue weighted by Gasteiger charge is 2.33. The van der Waals surface area contributed by atoms with Gasteiger partial charge in [-0.3, -0.25) is 0 Å². The quantitative estimate of drug-likeness (QED) is 0.261. The number of hydrogen-bond acceptors (Lipinski definition) is 6. The van der Waals surface area contributed by atoms with Crippen molar-refractivity contribution in [3.63, 3.8) is 0 Å². The highest BCUT2D eigenvalue weighted by molar-refractivity contribution is 7.17. The van der Waals surface area contributed by atoms with E-state index in [1.807, 2.05) is 24.3 Å². The van der Waals surface area contributed by atoms with Crippen LogP contribution in [0.15, 0.2) is 101 Å². The summed E-state index contributed by atoms with van der Waals surface area (Å²) in [6, 6.07) is 31.4. The Bertz CT molecular complexity index is 1440. The molecule has 34 heavy (non-hydrogen) atoms. The van der Waals surface area contributed by atoms with E-state index in [2.05, 4.69) is 84.0 Å². The molecule has 0 saturated carbocycles. The molecule has 1 aliphatic rings. The highest BCUT2D eigenvalue weighted by atomic mass is 32.1. The predicted molar refractivity (Wildman–Crippen MR) is 143 cm³/mol. The molecule has 166 valence electrons. The van der Waals surface area contributed by atoms with Crippen LogP contribution < -0.4 is 5.01 Å². The maximum atomic E-state index is 5.13. The van der Waals surface area contributed by atoms with Crippen molar-refractivity contribution in [3.8, 4) is 21.8 Å². The first-order valence-electron chi connectivity index (χ1n) is 11.2. The monoisotopic (exact) mass is 478 g/mol. The van der Waals surface area contributed by atoms with Crippen LogP contribution in [0.5, 0.6) is 0 Å². The van der Waals surface area contributed by atoms with E-state index in [1.54, 1.807) is 22.7 Å². The third kappa shape index (κ3) is 3.95. The van der Waals surface area contributed by atoms with Gasteiger partial charge in [0.15, 0.2) is 0 Å². The van der Waals surface area contributed by atoms with E-state index < -0.39 is 0 Å². The van der Waals surface area contributed by atoms with Crippen molar-refractivity contribution in [3.05, 3.63) is 113 Å². The third-order valence-electron chi connectivity index (χ3n) is 5.93. The standard InChI is InChI=1S/C28H22N4S2/c1-19-26(34-27(29-19)22-15-9-4-10-16-22)23-17-25(21-13-7-3-8-14-21)32(31-23)28-30-24(18-33-28)20-11-5-2-6-12-20/h2-16,18,25H,17H2,1H3. The van der Waals surface area contributed by atoms with Crippen LogP contribution in [-0.4, -0.2) is 15.7 Å². The molecule has 0 N–H and O–H groups in total. The topological polar surface area (TPSA) is 41.4 Å². The van der Waals surface area contributed by atoms with E-state index in [0.717, 1.165) is 49.7 Å². The maximum Gasteiger partial charge on any atom is 0.207 e. The summed E-state index contributed by atoms with van der Waals surface area (Å²) in [5, 5.41) is 11.3. The first-order chi connectivity index (χ1) is 16.8. The van der Waals surface area contributed by atoms with E-state index in [9.17, 15) is 0 Å². The SMILES string of the molecule is Cc1nc(-c2ccccc2)sc1C1=NN(c2nc(-c3ccccc3)cs2)C(c2ccccc2)C1. The second-order valence-electron chi connectivity index (χ2n) is 8.20. The summed E-state index contributed by atoms with van der Waals surface area (Å²) < 4.78 is 0. The summed E-state index contributed by atoms with van der Waals surface area (Å²) in [7, 11) is 0. The van der Waals surface area contributed by atoms with E-state index in [-0.39, 0.29) is 6.04 Å². The van der Waals surface area contributed by atoms with E-state index in [1.165, 1.54) is 5.56 Å². The van der Waals surface area contributed by atoms with Crippen molar-refractivity contribution >= 4 is 33.5 Å². The Hall–Kier alpha value is -3.61. The zero-order valence-corrected chi connectivity index (χ0v) is 20.3. The zero-order chi connectivity index (χ0) is 22.9. The van der Waals surface area contributed by atoms with Gasteiger partial charge in [-0.25, -0.2) is 15.0 Å². The van der Waals surface area contributed by atoms with Gasteiger partial charge in [-0.05, 0) is 12.5 Å². The summed E-state index contributed by atoms with van der Waals surface area (Å²) in [5.74, 6) is 0. The molecule has 5 aromatic rings. The first kappa shape index (κ1) is 21.0. The number of hydrogen-bond donors (Lipinski definition) is 0. The van der Waals surface area contributed by atoms with Gasteiger partial charge in [0.25, 0.3) is 0 Å². The van der Waals surface area contributed by atoms with Crippen LogP contribution >= 0.6 is 22.7 Å². The lowest BCUT2D eigenvalue weighted by Crippen LogP contribution is -2.18. The van der Waals surface area contributed by atoms with E-state index in [4.69, 9.17) is 15.1 Å². The molecule has 1 atom stereocenters. The van der Waals surface area contributed by atoms with Gasteiger partial charge in [-0.1, -0.05) is 91.0 Å². The number of thiazole rings is 2. The lowest BCUT2D eigenvalue weighted by Gasteiger charge is -2.21. The lowest BCUT2D eigenvalue weighted by atomic mass is 10.0. The molecular formula is C28H22N4S2. The fourth-order valence-corrected chi connectivity index (χ4v) is 6.14. The van der Waals surface area contributed by atoms with Crippen LogP contribution in [0.25, 0.3) is 21.8 Å². The Balaban J connectivity index is 1.39. The number of aryl methyl sites for hydroxylation is 1. The smallest absolute Gasteiger partial charge is 0.207 e. The molecule has 4 nitrogen and oxygen atoms in total. The normalized spacial score (nSPS) is 15.5. The van der Waals surface area contributed by atoms with E-state index >= 15 is 0 Å². The number of anilines is 1. The number of nitrogens with zero attached hydrogens (tertiary/aromatic N) is 4. The molecule has 0 radical (unpaired) electrons. The molecule has 3 aromatic carbocycles. The minimum Gasteiger partial charge on any atom is -0.241 e. The molecule has 0 aliphatic carbocycles. The second kappa shape index (κ2) is 8.97. The third-order valence-corrected chi connectivity index (χ3v) is 8.02. The molecule has 1 aliphatic heterocycles. The number of rotatable bonds is 5. The summed E-state index contributed by atoms with van der Waals surface area (Å²) >= 11 is 3.36. The van der Waals surface area contributed by atoms with Crippen LogP contribution in [0.2, 0.25) is 0 Å². The molecular weight excluding hydrogens is 456 g/mol. The Morgan fingerprint density at radius 1 is 0.794 bits per heavy atom. The molecule has 0 fully saturated rings. The molecule has 3 heterocycles. The fourth-order valence-electron chi connectivity index (χ4n) is 4.24. The summed E-state index contributed by atoms with van der Waals surface area (Å²) in [6.07, 6.45) is 0.821. The van der Waals surface area contributed by atoms with Gasteiger partial charge < -0.3 is 0 Å². The lowest BCUT2D eigenvalue weighted by molar-refractivity contribution is 0.706. The van der Waals surface area contributed by atoms with Gasteiger partial charge in [0.2, 0.25) is 5.13 Å². The Morgan fingerprint density at radius 2 is 1.44 bits per heavy atom. The van der Waals surface area contributed by atoms with Crippen molar-refractivity contribution in [2.45, 2.75) is 19.4 Å². The minimum atomic E-state index is 0.104.